The van der Waals surface area contributed by atoms with E-state index in [9.17, 15) is 14.7 Å². The summed E-state index contributed by atoms with van der Waals surface area (Å²) in [6.07, 6.45) is 4.66. The number of halogens is 1. The largest absolute Gasteiger partial charge is 0.478 e. The highest BCUT2D eigenvalue weighted by atomic mass is 79.9. The van der Waals surface area contributed by atoms with Crippen molar-refractivity contribution in [3.05, 3.63) is 74.9 Å². The van der Waals surface area contributed by atoms with E-state index in [0.717, 1.165) is 10.0 Å². The first-order valence-electron chi connectivity index (χ1n) is 6.51. The summed E-state index contributed by atoms with van der Waals surface area (Å²) in [5, 5.41) is 10.2. The molecule has 0 atom stereocenters. The average molecular weight is 359 g/mol. The molecule has 2 heterocycles. The highest BCUT2D eigenvalue weighted by Gasteiger charge is 2.14. The van der Waals surface area contributed by atoms with Crippen molar-refractivity contribution in [2.45, 2.75) is 6.54 Å². The topological polar surface area (TPSA) is 72.2 Å². The minimum Gasteiger partial charge on any atom is -0.478 e. The molecule has 1 aromatic carbocycles. The molecule has 0 bridgehead atoms. The molecule has 0 saturated carbocycles. The zero-order valence-corrected chi connectivity index (χ0v) is 12.9. The van der Waals surface area contributed by atoms with Crippen LogP contribution in [0, 0.1) is 0 Å². The van der Waals surface area contributed by atoms with Gasteiger partial charge in [-0.3, -0.25) is 9.78 Å². The molecule has 0 fully saturated rings. The van der Waals surface area contributed by atoms with Crippen LogP contribution in [-0.4, -0.2) is 20.6 Å². The molecule has 0 spiro atoms. The fraction of sp³-hybridized carbons (Fsp3) is 0.0625. The Balaban J connectivity index is 2.24. The normalized spacial score (nSPS) is 10.8. The number of carboxylic acid groups (broad SMARTS) is 1. The Morgan fingerprint density at radius 1 is 1.18 bits per heavy atom. The van der Waals surface area contributed by atoms with Gasteiger partial charge in [-0.15, -0.1) is 0 Å². The minimum atomic E-state index is -1.06. The van der Waals surface area contributed by atoms with Crippen LogP contribution in [-0.2, 0) is 6.54 Å². The van der Waals surface area contributed by atoms with Crippen molar-refractivity contribution in [1.29, 1.82) is 0 Å². The van der Waals surface area contributed by atoms with E-state index in [0.29, 0.717) is 17.3 Å². The smallest absolute Gasteiger partial charge is 0.337 e. The fourth-order valence-electron chi connectivity index (χ4n) is 2.34. The number of nitrogens with zero attached hydrogens (tertiary/aromatic N) is 2. The van der Waals surface area contributed by atoms with E-state index in [-0.39, 0.29) is 11.1 Å². The Kier molecular flexibility index (Phi) is 3.77. The number of fused-ring (bicyclic) bond motifs is 1. The maximum absolute atomic E-state index is 12.6. The number of hydrogen-bond donors (Lipinski definition) is 1. The Hall–Kier alpha value is -2.47. The SMILES string of the molecule is O=C(O)c1cn(Cc2ccncc2)c(=O)c2ccc(Br)cc12. The van der Waals surface area contributed by atoms with Crippen molar-refractivity contribution in [3.63, 3.8) is 0 Å². The zero-order chi connectivity index (χ0) is 15.7. The van der Waals surface area contributed by atoms with Crippen LogP contribution < -0.4 is 5.56 Å². The van der Waals surface area contributed by atoms with Gasteiger partial charge in [0, 0.05) is 33.8 Å². The maximum Gasteiger partial charge on any atom is 0.337 e. The second-order valence-corrected chi connectivity index (χ2v) is 5.74. The molecular weight excluding hydrogens is 348 g/mol. The molecule has 0 aliphatic rings. The van der Waals surface area contributed by atoms with Gasteiger partial charge in [0.1, 0.15) is 0 Å². The van der Waals surface area contributed by atoms with Crippen molar-refractivity contribution in [2.75, 3.05) is 0 Å². The average Bonchev–Trinajstić information content (AvgIpc) is 2.50. The number of pyridine rings is 2. The van der Waals surface area contributed by atoms with E-state index >= 15 is 0 Å². The summed E-state index contributed by atoms with van der Waals surface area (Å²) >= 11 is 3.30. The van der Waals surface area contributed by atoms with Crippen LogP contribution in [0.3, 0.4) is 0 Å². The van der Waals surface area contributed by atoms with Gasteiger partial charge in [-0.2, -0.15) is 0 Å². The maximum atomic E-state index is 12.6. The lowest BCUT2D eigenvalue weighted by molar-refractivity contribution is 0.0698. The van der Waals surface area contributed by atoms with Crippen LogP contribution in [0.25, 0.3) is 10.8 Å². The highest BCUT2D eigenvalue weighted by Crippen LogP contribution is 2.21. The van der Waals surface area contributed by atoms with Crippen LogP contribution in [0.4, 0.5) is 0 Å². The quantitative estimate of drug-likeness (QED) is 0.781. The Labute approximate surface area is 134 Å². The summed E-state index contributed by atoms with van der Waals surface area (Å²) in [5.41, 5.74) is 0.763. The predicted octanol–water partition coefficient (Wildman–Crippen LogP) is 2.91. The van der Waals surface area contributed by atoms with Crippen molar-refractivity contribution in [3.8, 4) is 0 Å². The number of carbonyl (C=O) groups is 1. The molecule has 0 unspecified atom stereocenters. The first-order valence-corrected chi connectivity index (χ1v) is 7.30. The molecule has 0 radical (unpaired) electrons. The first kappa shape index (κ1) is 14.5. The van der Waals surface area contributed by atoms with Crippen molar-refractivity contribution in [1.82, 2.24) is 9.55 Å². The van der Waals surface area contributed by atoms with E-state index in [1.165, 1.54) is 10.8 Å². The monoisotopic (exact) mass is 358 g/mol. The standard InChI is InChI=1S/C16H11BrN2O3/c17-11-1-2-12-13(7-11)14(16(21)22)9-19(15(12)20)8-10-3-5-18-6-4-10/h1-7,9H,8H2,(H,21,22). The van der Waals surface area contributed by atoms with Gasteiger partial charge in [-0.1, -0.05) is 15.9 Å². The van der Waals surface area contributed by atoms with Crippen LogP contribution in [0.15, 0.2) is 58.2 Å². The second-order valence-electron chi connectivity index (χ2n) is 4.83. The van der Waals surface area contributed by atoms with Gasteiger partial charge in [0.15, 0.2) is 0 Å². The lowest BCUT2D eigenvalue weighted by Gasteiger charge is -2.10. The molecule has 2 aromatic heterocycles. The van der Waals surface area contributed by atoms with Crippen LogP contribution >= 0.6 is 15.9 Å². The van der Waals surface area contributed by atoms with Gasteiger partial charge >= 0.3 is 5.97 Å². The summed E-state index contributed by atoms with van der Waals surface area (Å²) in [6, 6.07) is 8.59. The fourth-order valence-corrected chi connectivity index (χ4v) is 2.70. The van der Waals surface area contributed by atoms with Crippen LogP contribution in [0.1, 0.15) is 15.9 Å². The van der Waals surface area contributed by atoms with Gasteiger partial charge in [-0.25, -0.2) is 4.79 Å². The van der Waals surface area contributed by atoms with Crippen LogP contribution in [0.2, 0.25) is 0 Å². The first-order chi connectivity index (χ1) is 10.6. The van der Waals surface area contributed by atoms with E-state index in [1.807, 2.05) is 0 Å². The summed E-state index contributed by atoms with van der Waals surface area (Å²) in [7, 11) is 0. The highest BCUT2D eigenvalue weighted by molar-refractivity contribution is 9.10. The molecule has 0 aliphatic carbocycles. The van der Waals surface area contributed by atoms with Gasteiger partial charge in [0.2, 0.25) is 0 Å². The molecule has 3 aromatic rings. The lowest BCUT2D eigenvalue weighted by atomic mass is 10.1. The number of rotatable bonds is 3. The molecule has 0 amide bonds. The Morgan fingerprint density at radius 2 is 1.91 bits per heavy atom. The lowest BCUT2D eigenvalue weighted by Crippen LogP contribution is -2.22. The second kappa shape index (κ2) is 5.73. The molecule has 0 saturated heterocycles. The van der Waals surface area contributed by atoms with E-state index in [1.54, 1.807) is 42.7 Å². The van der Waals surface area contributed by atoms with Gasteiger partial charge in [0.05, 0.1) is 12.1 Å². The summed E-state index contributed by atoms with van der Waals surface area (Å²) < 4.78 is 2.14. The molecule has 0 aliphatic heterocycles. The number of benzene rings is 1. The van der Waals surface area contributed by atoms with Gasteiger partial charge < -0.3 is 9.67 Å². The Morgan fingerprint density at radius 3 is 2.59 bits per heavy atom. The number of aromatic nitrogens is 2. The number of carboxylic acids is 1. The molecule has 6 heteroatoms. The third kappa shape index (κ3) is 2.65. The van der Waals surface area contributed by atoms with Gasteiger partial charge in [0.25, 0.3) is 5.56 Å². The van der Waals surface area contributed by atoms with Crippen molar-refractivity contribution >= 4 is 32.7 Å². The molecule has 1 N–H and O–H groups in total. The summed E-state index contributed by atoms with van der Waals surface area (Å²) in [4.78, 5) is 28.0. The minimum absolute atomic E-state index is 0.102. The van der Waals surface area contributed by atoms with Gasteiger partial charge in [-0.05, 0) is 35.9 Å². The number of hydrogen-bond acceptors (Lipinski definition) is 3. The molecule has 22 heavy (non-hydrogen) atoms. The van der Waals surface area contributed by atoms with Crippen LogP contribution in [0.5, 0.6) is 0 Å². The zero-order valence-electron chi connectivity index (χ0n) is 11.4. The van der Waals surface area contributed by atoms with E-state index < -0.39 is 5.97 Å². The molecule has 110 valence electrons. The van der Waals surface area contributed by atoms with Crippen molar-refractivity contribution < 1.29 is 9.90 Å². The third-order valence-corrected chi connectivity index (χ3v) is 3.87. The Bertz CT molecular complexity index is 920. The van der Waals surface area contributed by atoms with Crippen molar-refractivity contribution in [2.24, 2.45) is 0 Å². The molecular formula is C16H11BrN2O3. The van der Waals surface area contributed by atoms with E-state index in [4.69, 9.17) is 0 Å². The third-order valence-electron chi connectivity index (χ3n) is 3.38. The summed E-state index contributed by atoms with van der Waals surface area (Å²) in [6.45, 7) is 0.299. The summed E-state index contributed by atoms with van der Waals surface area (Å²) in [5.74, 6) is -1.06. The number of aromatic carboxylic acids is 1. The van der Waals surface area contributed by atoms with E-state index in [2.05, 4.69) is 20.9 Å². The predicted molar refractivity (Wildman–Crippen MR) is 86.2 cm³/mol. The molecule has 3 rings (SSSR count). The molecule has 5 nitrogen and oxygen atoms in total.